The van der Waals surface area contributed by atoms with Crippen molar-refractivity contribution in [3.8, 4) is 11.1 Å². The Hall–Kier alpha value is -1.80. The van der Waals surface area contributed by atoms with Gasteiger partial charge in [-0.1, -0.05) is 48.0 Å². The molecule has 0 radical (unpaired) electrons. The van der Waals surface area contributed by atoms with Gasteiger partial charge < -0.3 is 5.11 Å². The van der Waals surface area contributed by atoms with Gasteiger partial charge in [-0.2, -0.15) is 0 Å². The van der Waals surface area contributed by atoms with Crippen molar-refractivity contribution in [1.29, 1.82) is 0 Å². The number of benzene rings is 2. The summed E-state index contributed by atoms with van der Waals surface area (Å²) >= 11 is 6.25. The zero-order chi connectivity index (χ0) is 12.7. The Morgan fingerprint density at radius 2 is 1.83 bits per heavy atom. The highest BCUT2D eigenvalue weighted by atomic mass is 35.5. The Labute approximate surface area is 110 Å². The summed E-state index contributed by atoms with van der Waals surface area (Å²) in [6.45, 7) is 0. The fourth-order valence-corrected chi connectivity index (χ4v) is 2.99. The zero-order valence-electron chi connectivity index (χ0n) is 9.56. The Morgan fingerprint density at radius 1 is 1.11 bits per heavy atom. The van der Waals surface area contributed by atoms with E-state index in [9.17, 15) is 4.79 Å². The summed E-state index contributed by atoms with van der Waals surface area (Å²) in [7, 11) is 0. The van der Waals surface area contributed by atoms with Crippen LogP contribution in [-0.4, -0.2) is 11.1 Å². The summed E-state index contributed by atoms with van der Waals surface area (Å²) in [4.78, 5) is 11.0. The number of carbonyl (C=O) groups is 1. The minimum Gasteiger partial charge on any atom is -0.481 e. The maximum atomic E-state index is 11.0. The van der Waals surface area contributed by atoms with Crippen LogP contribution in [0.3, 0.4) is 0 Å². The summed E-state index contributed by atoms with van der Waals surface area (Å²) in [5.74, 6) is -0.880. The van der Waals surface area contributed by atoms with Crippen LogP contribution in [0.25, 0.3) is 11.1 Å². The van der Waals surface area contributed by atoms with Gasteiger partial charge in [-0.05, 0) is 22.8 Å². The van der Waals surface area contributed by atoms with E-state index in [1.54, 1.807) is 0 Å². The molecule has 0 fully saturated rings. The zero-order valence-corrected chi connectivity index (χ0v) is 10.3. The van der Waals surface area contributed by atoms with Gasteiger partial charge in [0.25, 0.3) is 0 Å². The van der Waals surface area contributed by atoms with Gasteiger partial charge in [-0.15, -0.1) is 0 Å². The largest absolute Gasteiger partial charge is 0.481 e. The highest BCUT2D eigenvalue weighted by Crippen LogP contribution is 2.48. The van der Waals surface area contributed by atoms with E-state index in [1.807, 2.05) is 42.5 Å². The number of carboxylic acid groups (broad SMARTS) is 1. The predicted octanol–water partition coefficient (Wildman–Crippen LogP) is 3.93. The molecule has 3 rings (SSSR count). The van der Waals surface area contributed by atoms with E-state index in [2.05, 4.69) is 0 Å². The standard InChI is InChI=1S/C15H11ClO2/c16-13-7-3-6-11-12(8-14(17)18)9-4-1-2-5-10(9)15(11)13/h1-7,12H,8H2,(H,17,18). The van der Waals surface area contributed by atoms with Crippen LogP contribution >= 0.6 is 11.6 Å². The van der Waals surface area contributed by atoms with Crippen LogP contribution in [0.4, 0.5) is 0 Å². The molecule has 0 bridgehead atoms. The SMILES string of the molecule is O=C(O)CC1c2ccccc2-c2c(Cl)cccc21. The molecule has 0 heterocycles. The lowest BCUT2D eigenvalue weighted by molar-refractivity contribution is -0.137. The highest BCUT2D eigenvalue weighted by molar-refractivity contribution is 6.33. The molecule has 1 N–H and O–H groups in total. The first-order valence-corrected chi connectivity index (χ1v) is 6.16. The monoisotopic (exact) mass is 258 g/mol. The third-order valence-corrected chi connectivity index (χ3v) is 3.72. The maximum Gasteiger partial charge on any atom is 0.304 e. The molecule has 1 aliphatic carbocycles. The van der Waals surface area contributed by atoms with Crippen molar-refractivity contribution in [1.82, 2.24) is 0 Å². The first-order chi connectivity index (χ1) is 8.68. The quantitative estimate of drug-likeness (QED) is 0.886. The molecule has 0 saturated carbocycles. The van der Waals surface area contributed by atoms with Gasteiger partial charge in [0.05, 0.1) is 6.42 Å². The van der Waals surface area contributed by atoms with Crippen LogP contribution in [0, 0.1) is 0 Å². The van der Waals surface area contributed by atoms with Gasteiger partial charge in [0.15, 0.2) is 0 Å². The molecular formula is C15H11ClO2. The molecule has 0 amide bonds. The number of fused-ring (bicyclic) bond motifs is 3. The average Bonchev–Trinajstić information content (AvgIpc) is 2.65. The molecule has 90 valence electrons. The summed E-state index contributed by atoms with van der Waals surface area (Å²) in [6, 6.07) is 13.6. The van der Waals surface area contributed by atoms with Gasteiger partial charge in [-0.25, -0.2) is 0 Å². The lowest BCUT2D eigenvalue weighted by Crippen LogP contribution is -2.04. The van der Waals surface area contributed by atoms with Crippen molar-refractivity contribution >= 4 is 17.6 Å². The predicted molar refractivity (Wildman–Crippen MR) is 71.0 cm³/mol. The minimum atomic E-state index is -0.789. The van der Waals surface area contributed by atoms with Gasteiger partial charge in [-0.3, -0.25) is 4.79 Å². The summed E-state index contributed by atoms with van der Waals surface area (Å²) in [5.41, 5.74) is 4.12. The van der Waals surface area contributed by atoms with E-state index in [-0.39, 0.29) is 12.3 Å². The number of carboxylic acids is 1. The molecule has 1 unspecified atom stereocenters. The van der Waals surface area contributed by atoms with Crippen LogP contribution < -0.4 is 0 Å². The molecule has 0 spiro atoms. The van der Waals surface area contributed by atoms with Gasteiger partial charge in [0, 0.05) is 16.5 Å². The molecule has 2 nitrogen and oxygen atoms in total. The first kappa shape index (κ1) is 11.3. The molecule has 0 saturated heterocycles. The Morgan fingerprint density at radius 3 is 2.61 bits per heavy atom. The second kappa shape index (κ2) is 4.14. The van der Waals surface area contributed by atoms with Crippen LogP contribution in [0.5, 0.6) is 0 Å². The van der Waals surface area contributed by atoms with Crippen molar-refractivity contribution in [2.24, 2.45) is 0 Å². The second-order valence-electron chi connectivity index (χ2n) is 4.44. The number of halogens is 1. The lowest BCUT2D eigenvalue weighted by Gasteiger charge is -2.10. The third kappa shape index (κ3) is 1.61. The van der Waals surface area contributed by atoms with Crippen molar-refractivity contribution in [3.63, 3.8) is 0 Å². The molecule has 1 atom stereocenters. The molecule has 0 aromatic heterocycles. The van der Waals surface area contributed by atoms with E-state index in [4.69, 9.17) is 16.7 Å². The van der Waals surface area contributed by atoms with E-state index in [0.29, 0.717) is 5.02 Å². The van der Waals surface area contributed by atoms with Gasteiger partial charge in [0.2, 0.25) is 0 Å². The van der Waals surface area contributed by atoms with Crippen LogP contribution in [0.15, 0.2) is 42.5 Å². The van der Waals surface area contributed by atoms with Crippen LogP contribution in [-0.2, 0) is 4.79 Å². The Balaban J connectivity index is 2.25. The second-order valence-corrected chi connectivity index (χ2v) is 4.85. The summed E-state index contributed by atoms with van der Waals surface area (Å²) in [5, 5.41) is 9.75. The van der Waals surface area contributed by atoms with E-state index in [1.165, 1.54) is 0 Å². The highest BCUT2D eigenvalue weighted by Gasteiger charge is 2.31. The molecule has 18 heavy (non-hydrogen) atoms. The lowest BCUT2D eigenvalue weighted by atomic mass is 9.94. The Kier molecular flexibility index (Phi) is 2.60. The molecule has 1 aliphatic rings. The van der Waals surface area contributed by atoms with Crippen molar-refractivity contribution in [2.75, 3.05) is 0 Å². The van der Waals surface area contributed by atoms with E-state index < -0.39 is 5.97 Å². The topological polar surface area (TPSA) is 37.3 Å². The third-order valence-electron chi connectivity index (χ3n) is 3.41. The summed E-state index contributed by atoms with van der Waals surface area (Å²) < 4.78 is 0. The number of hydrogen-bond acceptors (Lipinski definition) is 1. The van der Waals surface area contributed by atoms with Gasteiger partial charge in [0.1, 0.15) is 0 Å². The van der Waals surface area contributed by atoms with Crippen molar-refractivity contribution in [2.45, 2.75) is 12.3 Å². The van der Waals surface area contributed by atoms with Crippen molar-refractivity contribution < 1.29 is 9.90 Å². The van der Waals surface area contributed by atoms with E-state index >= 15 is 0 Å². The number of hydrogen-bond donors (Lipinski definition) is 1. The first-order valence-electron chi connectivity index (χ1n) is 5.78. The number of rotatable bonds is 2. The molecule has 3 heteroatoms. The van der Waals surface area contributed by atoms with Gasteiger partial charge >= 0.3 is 5.97 Å². The van der Waals surface area contributed by atoms with Crippen LogP contribution in [0.1, 0.15) is 23.5 Å². The molecule has 2 aromatic carbocycles. The summed E-state index contributed by atoms with van der Waals surface area (Å²) in [6.07, 6.45) is 0.102. The smallest absolute Gasteiger partial charge is 0.304 e. The maximum absolute atomic E-state index is 11.0. The number of aliphatic carboxylic acids is 1. The van der Waals surface area contributed by atoms with Crippen LogP contribution in [0.2, 0.25) is 5.02 Å². The average molecular weight is 259 g/mol. The van der Waals surface area contributed by atoms with Crippen molar-refractivity contribution in [3.05, 3.63) is 58.6 Å². The van der Waals surface area contributed by atoms with E-state index in [0.717, 1.165) is 22.3 Å². The minimum absolute atomic E-state index is 0.0904. The fourth-order valence-electron chi connectivity index (χ4n) is 2.71. The normalized spacial score (nSPS) is 16.2. The fraction of sp³-hybridized carbons (Fsp3) is 0.133. The Bertz CT molecular complexity index is 634. The molecular weight excluding hydrogens is 248 g/mol. The molecule has 2 aromatic rings. The molecule has 0 aliphatic heterocycles.